The Balaban J connectivity index is 1.79. The van der Waals surface area contributed by atoms with Crippen LogP contribution in [0, 0.1) is 0 Å². The van der Waals surface area contributed by atoms with E-state index in [-0.39, 0.29) is 5.91 Å². The summed E-state index contributed by atoms with van der Waals surface area (Å²) in [6.45, 7) is 8.61. The van der Waals surface area contributed by atoms with Crippen molar-refractivity contribution in [2.45, 2.75) is 20.4 Å². The Labute approximate surface area is 144 Å². The number of rotatable bonds is 9. The summed E-state index contributed by atoms with van der Waals surface area (Å²) in [5.41, 5.74) is 2.94. The van der Waals surface area contributed by atoms with Gasteiger partial charge in [0, 0.05) is 30.9 Å². The number of hydrogen-bond donors (Lipinski definition) is 2. The Morgan fingerprint density at radius 1 is 0.958 bits per heavy atom. The van der Waals surface area contributed by atoms with Crippen LogP contribution in [0.4, 0.5) is 5.69 Å². The lowest BCUT2D eigenvalue weighted by Crippen LogP contribution is -2.34. The normalized spacial score (nSPS) is 10.6. The van der Waals surface area contributed by atoms with Gasteiger partial charge in [-0.3, -0.25) is 4.79 Å². The molecule has 0 aliphatic rings. The zero-order chi connectivity index (χ0) is 17.2. The minimum Gasteiger partial charge on any atom is -0.381 e. The molecule has 128 valence electrons. The molecule has 1 amide bonds. The Bertz CT molecular complexity index is 607. The first kappa shape index (κ1) is 18.0. The monoisotopic (exact) mass is 325 g/mol. The summed E-state index contributed by atoms with van der Waals surface area (Å²) in [6.07, 6.45) is 0. The molecule has 2 aromatic carbocycles. The number of anilines is 1. The topological polar surface area (TPSA) is 44.4 Å². The maximum Gasteiger partial charge on any atom is 0.251 e. The van der Waals surface area contributed by atoms with E-state index in [1.54, 1.807) is 0 Å². The second-order valence-corrected chi connectivity index (χ2v) is 5.70. The van der Waals surface area contributed by atoms with Gasteiger partial charge in [-0.05, 0) is 42.9 Å². The van der Waals surface area contributed by atoms with E-state index in [1.807, 2.05) is 42.5 Å². The first-order valence-corrected chi connectivity index (χ1v) is 8.61. The molecule has 0 saturated heterocycles. The third-order valence-electron chi connectivity index (χ3n) is 4.09. The maximum atomic E-state index is 12.1. The molecule has 2 rings (SSSR count). The summed E-state index contributed by atoms with van der Waals surface area (Å²) in [5, 5.41) is 6.34. The smallest absolute Gasteiger partial charge is 0.251 e. The molecule has 2 aromatic rings. The fourth-order valence-electron chi connectivity index (χ4n) is 2.51. The molecule has 0 saturated carbocycles. The fourth-order valence-corrected chi connectivity index (χ4v) is 2.51. The lowest BCUT2D eigenvalue weighted by Gasteiger charge is -2.18. The van der Waals surface area contributed by atoms with Gasteiger partial charge in [0.1, 0.15) is 0 Å². The average molecular weight is 325 g/mol. The van der Waals surface area contributed by atoms with Gasteiger partial charge in [-0.1, -0.05) is 44.2 Å². The quantitative estimate of drug-likeness (QED) is 0.743. The molecule has 0 atom stereocenters. The molecule has 4 heteroatoms. The number of amides is 1. The second kappa shape index (κ2) is 9.73. The number of hydrogen-bond acceptors (Lipinski definition) is 3. The summed E-state index contributed by atoms with van der Waals surface area (Å²) >= 11 is 0. The minimum atomic E-state index is -0.0169. The minimum absolute atomic E-state index is 0.0169. The van der Waals surface area contributed by atoms with Crippen molar-refractivity contribution in [1.82, 2.24) is 10.2 Å². The van der Waals surface area contributed by atoms with E-state index in [1.165, 1.54) is 5.56 Å². The van der Waals surface area contributed by atoms with Crippen molar-refractivity contribution in [3.63, 3.8) is 0 Å². The van der Waals surface area contributed by atoms with Crippen LogP contribution < -0.4 is 10.6 Å². The molecule has 0 aliphatic carbocycles. The van der Waals surface area contributed by atoms with E-state index in [2.05, 4.69) is 41.5 Å². The number of likely N-dealkylation sites (N-methyl/N-ethyl adjacent to an activating group) is 1. The molecular weight excluding hydrogens is 298 g/mol. The van der Waals surface area contributed by atoms with Gasteiger partial charge in [0.15, 0.2) is 0 Å². The second-order valence-electron chi connectivity index (χ2n) is 5.70. The third-order valence-corrected chi connectivity index (χ3v) is 4.09. The van der Waals surface area contributed by atoms with Crippen molar-refractivity contribution >= 4 is 11.6 Å². The SMILES string of the molecule is CCN(CC)CCNC(=O)c1ccc(NCc2ccccc2)cc1. The number of nitrogens with one attached hydrogen (secondary N) is 2. The standard InChI is InChI=1S/C20H27N3O/c1-3-23(4-2)15-14-21-20(24)18-10-12-19(13-11-18)22-16-17-8-6-5-7-9-17/h5-13,22H,3-4,14-16H2,1-2H3,(H,21,24). The maximum absolute atomic E-state index is 12.1. The molecule has 0 bridgehead atoms. The Morgan fingerprint density at radius 3 is 2.25 bits per heavy atom. The van der Waals surface area contributed by atoms with Crippen LogP contribution in [-0.4, -0.2) is 37.0 Å². The van der Waals surface area contributed by atoms with Crippen molar-refractivity contribution in [2.24, 2.45) is 0 Å². The Hall–Kier alpha value is -2.33. The lowest BCUT2D eigenvalue weighted by atomic mass is 10.2. The van der Waals surface area contributed by atoms with Crippen molar-refractivity contribution in [3.05, 3.63) is 65.7 Å². The van der Waals surface area contributed by atoms with Crippen molar-refractivity contribution < 1.29 is 4.79 Å². The van der Waals surface area contributed by atoms with Gasteiger partial charge in [-0.2, -0.15) is 0 Å². The summed E-state index contributed by atoms with van der Waals surface area (Å²) in [4.78, 5) is 14.4. The van der Waals surface area contributed by atoms with Crippen LogP contribution in [-0.2, 0) is 6.54 Å². The van der Waals surface area contributed by atoms with Crippen LogP contribution in [0.3, 0.4) is 0 Å². The van der Waals surface area contributed by atoms with Crippen molar-refractivity contribution in [2.75, 3.05) is 31.5 Å². The van der Waals surface area contributed by atoms with Crippen LogP contribution in [0.25, 0.3) is 0 Å². The molecule has 0 radical (unpaired) electrons. The average Bonchev–Trinajstić information content (AvgIpc) is 2.64. The molecule has 0 fully saturated rings. The fraction of sp³-hybridized carbons (Fsp3) is 0.350. The first-order chi connectivity index (χ1) is 11.7. The largest absolute Gasteiger partial charge is 0.381 e. The number of benzene rings is 2. The Morgan fingerprint density at radius 2 is 1.62 bits per heavy atom. The van der Waals surface area contributed by atoms with E-state index in [4.69, 9.17) is 0 Å². The highest BCUT2D eigenvalue weighted by Crippen LogP contribution is 2.11. The summed E-state index contributed by atoms with van der Waals surface area (Å²) < 4.78 is 0. The molecule has 0 aromatic heterocycles. The van der Waals surface area contributed by atoms with Gasteiger partial charge < -0.3 is 15.5 Å². The molecular formula is C20H27N3O. The lowest BCUT2D eigenvalue weighted by molar-refractivity contribution is 0.0949. The van der Waals surface area contributed by atoms with Crippen LogP contribution >= 0.6 is 0 Å². The zero-order valence-electron chi connectivity index (χ0n) is 14.6. The van der Waals surface area contributed by atoms with E-state index < -0.39 is 0 Å². The highest BCUT2D eigenvalue weighted by atomic mass is 16.1. The number of nitrogens with zero attached hydrogens (tertiary/aromatic N) is 1. The van der Waals surface area contributed by atoms with E-state index in [0.29, 0.717) is 12.1 Å². The molecule has 4 nitrogen and oxygen atoms in total. The molecule has 0 unspecified atom stereocenters. The highest BCUT2D eigenvalue weighted by molar-refractivity contribution is 5.94. The van der Waals surface area contributed by atoms with Gasteiger partial charge >= 0.3 is 0 Å². The summed E-state index contributed by atoms with van der Waals surface area (Å²) in [7, 11) is 0. The summed E-state index contributed by atoms with van der Waals surface area (Å²) in [6, 6.07) is 17.9. The first-order valence-electron chi connectivity index (χ1n) is 8.61. The van der Waals surface area contributed by atoms with Gasteiger partial charge in [-0.25, -0.2) is 0 Å². The molecule has 0 spiro atoms. The predicted octanol–water partition coefficient (Wildman–Crippen LogP) is 3.37. The molecule has 24 heavy (non-hydrogen) atoms. The van der Waals surface area contributed by atoms with E-state index in [9.17, 15) is 4.79 Å². The van der Waals surface area contributed by atoms with Gasteiger partial charge in [0.25, 0.3) is 5.91 Å². The number of carbonyl (C=O) groups is 1. The third kappa shape index (κ3) is 5.70. The zero-order valence-corrected chi connectivity index (χ0v) is 14.6. The van der Waals surface area contributed by atoms with E-state index in [0.717, 1.165) is 31.9 Å². The predicted molar refractivity (Wildman–Crippen MR) is 100 cm³/mol. The summed E-state index contributed by atoms with van der Waals surface area (Å²) in [5.74, 6) is -0.0169. The molecule has 0 heterocycles. The van der Waals surface area contributed by atoms with Crippen molar-refractivity contribution in [1.29, 1.82) is 0 Å². The molecule has 2 N–H and O–H groups in total. The van der Waals surface area contributed by atoms with Crippen LogP contribution in [0.5, 0.6) is 0 Å². The van der Waals surface area contributed by atoms with Gasteiger partial charge in [-0.15, -0.1) is 0 Å². The van der Waals surface area contributed by atoms with Crippen LogP contribution in [0.1, 0.15) is 29.8 Å². The molecule has 0 aliphatic heterocycles. The van der Waals surface area contributed by atoms with Crippen molar-refractivity contribution in [3.8, 4) is 0 Å². The van der Waals surface area contributed by atoms with Crippen LogP contribution in [0.2, 0.25) is 0 Å². The van der Waals surface area contributed by atoms with E-state index >= 15 is 0 Å². The van der Waals surface area contributed by atoms with Gasteiger partial charge in [0.2, 0.25) is 0 Å². The number of carbonyl (C=O) groups excluding carboxylic acids is 1. The van der Waals surface area contributed by atoms with Gasteiger partial charge in [0.05, 0.1) is 0 Å². The highest BCUT2D eigenvalue weighted by Gasteiger charge is 2.06. The Kier molecular flexibility index (Phi) is 7.30. The van der Waals surface area contributed by atoms with Crippen LogP contribution in [0.15, 0.2) is 54.6 Å².